The van der Waals surface area contributed by atoms with Crippen molar-refractivity contribution in [1.82, 2.24) is 5.31 Å². The smallest absolute Gasteiger partial charge is 0.327 e. The minimum Gasteiger partial charge on any atom is -0.480 e. The lowest BCUT2D eigenvalue weighted by Gasteiger charge is -2.13. The Morgan fingerprint density at radius 1 is 1.79 bits per heavy atom. The van der Waals surface area contributed by atoms with Crippen LogP contribution in [-0.2, 0) is 9.59 Å². The van der Waals surface area contributed by atoms with Crippen LogP contribution in [0.1, 0.15) is 16.6 Å². The molecule has 0 bridgehead atoms. The summed E-state index contributed by atoms with van der Waals surface area (Å²) < 4.78 is 22.4. The second kappa shape index (κ2) is 6.67. The fourth-order valence-corrected chi connectivity index (χ4v) is 1.25. The van der Waals surface area contributed by atoms with Gasteiger partial charge in [0.2, 0.25) is 5.91 Å². The second-order valence-electron chi connectivity index (χ2n) is 2.62. The van der Waals surface area contributed by atoms with Crippen LogP contribution in [0.25, 0.3) is 0 Å². The van der Waals surface area contributed by atoms with Gasteiger partial charge in [-0.3, -0.25) is 4.79 Å². The first kappa shape index (κ1) is 8.55. The molecule has 0 fully saturated rings. The number of carboxylic acids is 1. The Kier molecular flexibility index (Phi) is 4.07. The largest absolute Gasteiger partial charge is 0.480 e. The average molecular weight is 224 g/mol. The molecule has 2 unspecified atom stereocenters. The number of hydrogen-bond acceptors (Lipinski definition) is 4. The van der Waals surface area contributed by atoms with Crippen LogP contribution >= 0.6 is 11.8 Å². The van der Waals surface area contributed by atoms with Crippen molar-refractivity contribution in [3.63, 3.8) is 0 Å². The van der Waals surface area contributed by atoms with Crippen molar-refractivity contribution in [1.29, 1.82) is 0 Å². The molecule has 0 saturated heterocycles. The Bertz CT molecular complexity index is 304. The second-order valence-corrected chi connectivity index (χ2v) is 3.52. The van der Waals surface area contributed by atoms with Gasteiger partial charge in [-0.1, -0.05) is 0 Å². The Labute approximate surface area is 91.2 Å². The zero-order valence-electron chi connectivity index (χ0n) is 10.9. The Hall–Kier alpha value is -0.750. The summed E-state index contributed by atoms with van der Waals surface area (Å²) in [7, 11) is 0. The number of nitrogens with one attached hydrogen (secondary N) is 1. The van der Waals surface area contributed by atoms with E-state index in [4.69, 9.17) is 14.4 Å². The molecule has 3 N–H and O–H groups in total. The molecule has 0 saturated carbocycles. The lowest BCUT2D eigenvalue weighted by molar-refractivity contribution is -0.140. The van der Waals surface area contributed by atoms with Gasteiger partial charge in [0.1, 0.15) is 6.02 Å². The number of carboxylic acid groups (broad SMARTS) is 1. The maximum atomic E-state index is 11.0. The fourth-order valence-electron chi connectivity index (χ4n) is 0.561. The van der Waals surface area contributed by atoms with Crippen LogP contribution in [0.15, 0.2) is 0 Å². The van der Waals surface area contributed by atoms with E-state index in [9.17, 15) is 9.59 Å². The third-order valence-corrected chi connectivity index (χ3v) is 2.09. The zero-order chi connectivity index (χ0) is 13.8. The van der Waals surface area contributed by atoms with Gasteiger partial charge in [-0.15, -0.1) is 0 Å². The van der Waals surface area contributed by atoms with E-state index < -0.39 is 29.7 Å². The minimum atomic E-state index is -2.69. The van der Waals surface area contributed by atoms with Gasteiger partial charge in [-0.25, -0.2) is 4.79 Å². The third-order valence-electron chi connectivity index (χ3n) is 1.03. The molecule has 0 aromatic carbocycles. The first-order chi connectivity index (χ1) is 7.63. The summed E-state index contributed by atoms with van der Waals surface area (Å²) in [6.07, 6.45) is -0.762. The molecule has 0 rings (SSSR count). The minimum absolute atomic E-state index is 0.0396. The molecule has 3 atom stereocenters. The molecule has 0 aromatic rings. The zero-order valence-corrected chi connectivity index (χ0v) is 8.74. The van der Waals surface area contributed by atoms with E-state index in [1.54, 1.807) is 0 Å². The molecule has 0 aliphatic rings. The molecule has 0 aliphatic carbocycles. The number of hydrogen-bond donors (Lipinski definition) is 3. The SMILES string of the molecule is [2H]C(SCC(C)O)[C@@]([2H])(C(=O)O)N([2H])C(C)=O. The summed E-state index contributed by atoms with van der Waals surface area (Å²) in [4.78, 5) is 21.9. The van der Waals surface area contributed by atoms with E-state index in [0.29, 0.717) is 11.8 Å². The number of rotatable bonds is 6. The number of carbonyl (C=O) groups is 2. The van der Waals surface area contributed by atoms with Gasteiger partial charge in [0.25, 0.3) is 0 Å². The van der Waals surface area contributed by atoms with Crippen LogP contribution in [0.2, 0.25) is 1.41 Å². The van der Waals surface area contributed by atoms with Crippen LogP contribution < -0.4 is 5.31 Å². The number of amides is 1. The van der Waals surface area contributed by atoms with E-state index in [1.807, 2.05) is 0 Å². The molecular formula is C8H15NO4S. The Balaban J connectivity index is 4.94. The Morgan fingerprint density at radius 3 is 2.71 bits per heavy atom. The van der Waals surface area contributed by atoms with Gasteiger partial charge >= 0.3 is 5.97 Å². The molecule has 0 aliphatic heterocycles. The van der Waals surface area contributed by atoms with E-state index in [1.165, 1.54) is 6.92 Å². The highest BCUT2D eigenvalue weighted by molar-refractivity contribution is 7.99. The molecule has 1 amide bonds. The van der Waals surface area contributed by atoms with Crippen LogP contribution in [0.4, 0.5) is 0 Å². The van der Waals surface area contributed by atoms with Crippen LogP contribution in [-0.4, -0.2) is 45.7 Å². The summed E-state index contributed by atoms with van der Waals surface area (Å²) in [5.74, 6) is -2.63. The van der Waals surface area contributed by atoms with Crippen molar-refractivity contribution in [3.8, 4) is 0 Å². The maximum Gasteiger partial charge on any atom is 0.327 e. The average Bonchev–Trinajstić information content (AvgIpc) is 2.22. The van der Waals surface area contributed by atoms with E-state index >= 15 is 0 Å². The third kappa shape index (κ3) is 6.73. The molecule has 0 spiro atoms. The first-order valence-electron chi connectivity index (χ1n) is 5.41. The maximum absolute atomic E-state index is 11.0. The molecule has 0 radical (unpaired) electrons. The van der Waals surface area contributed by atoms with E-state index in [0.717, 1.165) is 6.92 Å². The standard InChI is InChI=1S/C8H15NO4S/c1-5(10)3-14-4-7(8(12)13)9-6(2)11/h5,7,10H,3-4H2,1-2H3,(H,9,11)(H,12,13)/t5?,7-/m0/s1/i4D,7D/hD/t4?,5?,7-. The number of aliphatic hydroxyl groups excluding tert-OH is 1. The molecule has 6 heteroatoms. The Morgan fingerprint density at radius 2 is 2.36 bits per heavy atom. The number of aliphatic carboxylic acids is 1. The van der Waals surface area contributed by atoms with E-state index in [-0.39, 0.29) is 11.1 Å². The normalized spacial score (nSPS) is 22.1. The van der Waals surface area contributed by atoms with Crippen molar-refractivity contribution in [2.75, 3.05) is 11.5 Å². The summed E-state index contributed by atoms with van der Waals surface area (Å²) in [5, 5.41) is 17.9. The van der Waals surface area contributed by atoms with Crippen molar-refractivity contribution in [3.05, 3.63) is 0 Å². The lowest BCUT2D eigenvalue weighted by Crippen LogP contribution is -2.41. The van der Waals surface area contributed by atoms with E-state index in [2.05, 4.69) is 0 Å². The van der Waals surface area contributed by atoms with Gasteiger partial charge in [0, 0.05) is 19.8 Å². The summed E-state index contributed by atoms with van der Waals surface area (Å²) in [6.45, 7) is 2.40. The van der Waals surface area contributed by atoms with Gasteiger partial charge in [-0.2, -0.15) is 11.8 Å². The highest BCUT2D eigenvalue weighted by Crippen LogP contribution is 2.05. The van der Waals surface area contributed by atoms with Crippen molar-refractivity contribution in [2.45, 2.75) is 26.0 Å². The molecule has 5 nitrogen and oxygen atoms in total. The topological polar surface area (TPSA) is 86.6 Å². The van der Waals surface area contributed by atoms with Crippen molar-refractivity contribution >= 4 is 23.6 Å². The summed E-state index contributed by atoms with van der Waals surface area (Å²) >= 11 is 0.700. The monoisotopic (exact) mass is 224 g/mol. The lowest BCUT2D eigenvalue weighted by atomic mass is 10.3. The highest BCUT2D eigenvalue weighted by Gasteiger charge is 2.18. The fraction of sp³-hybridized carbons (Fsp3) is 0.750. The molecule has 14 heavy (non-hydrogen) atoms. The highest BCUT2D eigenvalue weighted by atomic mass is 32.2. The van der Waals surface area contributed by atoms with Gasteiger partial charge in [0.05, 0.1) is 7.47 Å². The first-order valence-corrected chi connectivity index (χ1v) is 4.93. The summed E-state index contributed by atoms with van der Waals surface area (Å²) in [6, 6.07) is -2.69. The van der Waals surface area contributed by atoms with Crippen LogP contribution in [0.5, 0.6) is 0 Å². The quantitative estimate of drug-likeness (QED) is 0.576. The van der Waals surface area contributed by atoms with Crippen LogP contribution in [0, 0.1) is 0 Å². The van der Waals surface area contributed by atoms with Gasteiger partial charge < -0.3 is 15.5 Å². The molecule has 82 valence electrons. The predicted molar refractivity (Wildman–Crippen MR) is 54.2 cm³/mol. The molecule has 0 heterocycles. The van der Waals surface area contributed by atoms with Crippen LogP contribution in [0.3, 0.4) is 0 Å². The van der Waals surface area contributed by atoms with Crippen molar-refractivity contribution in [2.24, 2.45) is 0 Å². The number of thioether (sulfide) groups is 1. The van der Waals surface area contributed by atoms with Gasteiger partial charge in [-0.05, 0) is 6.92 Å². The number of aliphatic hydroxyl groups is 1. The molecular weight excluding hydrogens is 206 g/mol. The summed E-state index contributed by atoms with van der Waals surface area (Å²) in [5.41, 5.74) is -1.59. The van der Waals surface area contributed by atoms with Crippen molar-refractivity contribution < 1.29 is 24.0 Å². The number of carbonyl (C=O) groups excluding carboxylic acids is 1. The van der Waals surface area contributed by atoms with Gasteiger partial charge in [0.15, 0.2) is 1.41 Å². The molecule has 0 aromatic heterocycles. The predicted octanol–water partition coefficient (Wildman–Crippen LogP) is -0.310.